The summed E-state index contributed by atoms with van der Waals surface area (Å²) >= 11 is 0. The molecule has 0 amide bonds. The molecule has 0 spiro atoms. The SMILES string of the molecule is Cc1cc(C)cc(N2CC(C)Cn3c2nc2c3c(=O)n(CC=Cc3ccccc3)c(=O)n2C)c1. The number of nitrogens with zero attached hydrogens (tertiary/aromatic N) is 5. The van der Waals surface area contributed by atoms with E-state index < -0.39 is 0 Å². The third-order valence-corrected chi connectivity index (χ3v) is 6.36. The van der Waals surface area contributed by atoms with Crippen molar-refractivity contribution < 1.29 is 0 Å². The number of anilines is 2. The van der Waals surface area contributed by atoms with Gasteiger partial charge in [0.05, 0.1) is 0 Å². The molecule has 174 valence electrons. The van der Waals surface area contributed by atoms with E-state index in [2.05, 4.69) is 43.9 Å². The van der Waals surface area contributed by atoms with Crippen LogP contribution in [0.5, 0.6) is 0 Å². The van der Waals surface area contributed by atoms with Crippen LogP contribution in [-0.2, 0) is 20.1 Å². The van der Waals surface area contributed by atoms with Crippen LogP contribution in [0.15, 0.2) is 64.2 Å². The van der Waals surface area contributed by atoms with Crippen LogP contribution in [0.25, 0.3) is 17.2 Å². The van der Waals surface area contributed by atoms with Gasteiger partial charge in [0.2, 0.25) is 5.95 Å². The van der Waals surface area contributed by atoms with Crippen LogP contribution in [0.3, 0.4) is 0 Å². The fourth-order valence-corrected chi connectivity index (χ4v) is 4.85. The fraction of sp³-hybridized carbons (Fsp3) is 0.296. The maximum atomic E-state index is 13.6. The Balaban J connectivity index is 1.64. The van der Waals surface area contributed by atoms with Crippen molar-refractivity contribution in [3.8, 4) is 0 Å². The standard InChI is InChI=1S/C27H29N5O2/c1-18-13-19(2)15-22(14-18)31-16-20(3)17-32-23-24(28-26(31)32)29(4)27(34)30(25(23)33)12-8-11-21-9-6-5-7-10-21/h5-11,13-15,20H,12,16-17H2,1-4H3. The lowest BCUT2D eigenvalue weighted by Gasteiger charge is -2.33. The Bertz CT molecular complexity index is 1500. The molecule has 4 aromatic rings. The van der Waals surface area contributed by atoms with Crippen molar-refractivity contribution in [3.63, 3.8) is 0 Å². The molecule has 7 nitrogen and oxygen atoms in total. The molecule has 1 aliphatic rings. The number of aromatic nitrogens is 4. The first-order chi connectivity index (χ1) is 16.3. The number of imidazole rings is 1. The highest BCUT2D eigenvalue weighted by molar-refractivity contribution is 5.77. The molecule has 3 heterocycles. The van der Waals surface area contributed by atoms with E-state index in [0.29, 0.717) is 29.6 Å². The van der Waals surface area contributed by atoms with Gasteiger partial charge in [-0.3, -0.25) is 13.9 Å². The van der Waals surface area contributed by atoms with E-state index in [1.807, 2.05) is 47.1 Å². The molecule has 1 unspecified atom stereocenters. The predicted molar refractivity (Wildman–Crippen MR) is 137 cm³/mol. The van der Waals surface area contributed by atoms with Gasteiger partial charge in [0.1, 0.15) is 0 Å². The van der Waals surface area contributed by atoms with Gasteiger partial charge in [0, 0.05) is 32.4 Å². The van der Waals surface area contributed by atoms with E-state index in [1.165, 1.54) is 20.3 Å². The average molecular weight is 456 g/mol. The zero-order chi connectivity index (χ0) is 24.0. The Labute approximate surface area is 198 Å². The maximum Gasteiger partial charge on any atom is 0.332 e. The number of hydrogen-bond donors (Lipinski definition) is 0. The van der Waals surface area contributed by atoms with Gasteiger partial charge in [-0.1, -0.05) is 55.5 Å². The molecule has 1 atom stereocenters. The summed E-state index contributed by atoms with van der Waals surface area (Å²) in [4.78, 5) is 33.6. The van der Waals surface area contributed by atoms with Crippen LogP contribution in [-0.4, -0.2) is 25.2 Å². The molecule has 7 heteroatoms. The van der Waals surface area contributed by atoms with Crippen LogP contribution in [0.1, 0.15) is 23.6 Å². The summed E-state index contributed by atoms with van der Waals surface area (Å²) in [5.74, 6) is 1.02. The predicted octanol–water partition coefficient (Wildman–Crippen LogP) is 4.01. The van der Waals surface area contributed by atoms with E-state index in [9.17, 15) is 9.59 Å². The molecule has 5 rings (SSSR count). The molecule has 0 aliphatic carbocycles. The van der Waals surface area contributed by atoms with Crippen LogP contribution in [0, 0.1) is 19.8 Å². The zero-order valence-corrected chi connectivity index (χ0v) is 20.0. The Kier molecular flexibility index (Phi) is 5.48. The maximum absolute atomic E-state index is 13.6. The summed E-state index contributed by atoms with van der Waals surface area (Å²) in [6.07, 6.45) is 3.77. The van der Waals surface area contributed by atoms with E-state index in [0.717, 1.165) is 17.8 Å². The van der Waals surface area contributed by atoms with Gasteiger partial charge in [-0.15, -0.1) is 0 Å². The number of hydrogen-bond acceptors (Lipinski definition) is 4. The smallest absolute Gasteiger partial charge is 0.312 e. The minimum atomic E-state index is -0.364. The summed E-state index contributed by atoms with van der Waals surface area (Å²) < 4.78 is 4.76. The molecule has 0 N–H and O–H groups in total. The van der Waals surface area contributed by atoms with Gasteiger partial charge < -0.3 is 9.47 Å². The highest BCUT2D eigenvalue weighted by Gasteiger charge is 2.29. The molecule has 0 fully saturated rings. The van der Waals surface area contributed by atoms with Gasteiger partial charge >= 0.3 is 5.69 Å². The van der Waals surface area contributed by atoms with E-state index in [-0.39, 0.29) is 17.8 Å². The molecule has 1 aliphatic heterocycles. The largest absolute Gasteiger partial charge is 0.332 e. The minimum Gasteiger partial charge on any atom is -0.312 e. The third-order valence-electron chi connectivity index (χ3n) is 6.36. The van der Waals surface area contributed by atoms with Gasteiger partial charge in [-0.2, -0.15) is 4.98 Å². The number of allylic oxidation sites excluding steroid dienone is 1. The molecule has 0 saturated carbocycles. The molecule has 2 aromatic carbocycles. The molecular weight excluding hydrogens is 426 g/mol. The normalized spacial score (nSPS) is 15.9. The number of fused-ring (bicyclic) bond motifs is 3. The zero-order valence-electron chi connectivity index (χ0n) is 20.0. The Morgan fingerprint density at radius 2 is 1.74 bits per heavy atom. The highest BCUT2D eigenvalue weighted by atomic mass is 16.2. The topological polar surface area (TPSA) is 65.1 Å². The molecule has 0 radical (unpaired) electrons. The van der Waals surface area contributed by atoms with Crippen LogP contribution < -0.4 is 16.1 Å². The van der Waals surface area contributed by atoms with Crippen LogP contribution in [0.2, 0.25) is 0 Å². The third kappa shape index (κ3) is 3.77. The second-order valence-electron chi connectivity index (χ2n) is 9.33. The van der Waals surface area contributed by atoms with Crippen molar-refractivity contribution in [2.24, 2.45) is 13.0 Å². The van der Waals surface area contributed by atoms with Gasteiger partial charge in [-0.25, -0.2) is 4.79 Å². The van der Waals surface area contributed by atoms with Crippen molar-refractivity contribution in [1.82, 2.24) is 18.7 Å². The first-order valence-corrected chi connectivity index (χ1v) is 11.6. The van der Waals surface area contributed by atoms with Crippen molar-refractivity contribution >= 4 is 28.9 Å². The van der Waals surface area contributed by atoms with Crippen molar-refractivity contribution in [1.29, 1.82) is 0 Å². The Morgan fingerprint density at radius 3 is 2.44 bits per heavy atom. The summed E-state index contributed by atoms with van der Waals surface area (Å²) in [6, 6.07) is 16.3. The first-order valence-electron chi connectivity index (χ1n) is 11.6. The van der Waals surface area contributed by atoms with Gasteiger partial charge in [0.15, 0.2) is 11.2 Å². The monoisotopic (exact) mass is 455 g/mol. The summed E-state index contributed by atoms with van der Waals surface area (Å²) in [6.45, 7) is 8.02. The summed E-state index contributed by atoms with van der Waals surface area (Å²) in [5, 5.41) is 0. The van der Waals surface area contributed by atoms with Crippen LogP contribution in [0.4, 0.5) is 11.6 Å². The van der Waals surface area contributed by atoms with E-state index in [4.69, 9.17) is 4.98 Å². The molecule has 0 saturated heterocycles. The number of aryl methyl sites for hydroxylation is 3. The lowest BCUT2D eigenvalue weighted by Crippen LogP contribution is -2.40. The molecule has 0 bridgehead atoms. The van der Waals surface area contributed by atoms with E-state index in [1.54, 1.807) is 7.05 Å². The lowest BCUT2D eigenvalue weighted by molar-refractivity contribution is 0.458. The van der Waals surface area contributed by atoms with Crippen molar-refractivity contribution in [3.05, 3.63) is 92.1 Å². The molecule has 2 aromatic heterocycles. The lowest BCUT2D eigenvalue weighted by atomic mass is 10.1. The first kappa shape index (κ1) is 21.9. The minimum absolute atomic E-state index is 0.202. The highest BCUT2D eigenvalue weighted by Crippen LogP contribution is 2.33. The molecular formula is C27H29N5O2. The van der Waals surface area contributed by atoms with Gasteiger partial charge in [0.25, 0.3) is 5.56 Å². The second kappa shape index (κ2) is 8.48. The second-order valence-corrected chi connectivity index (χ2v) is 9.33. The van der Waals surface area contributed by atoms with Gasteiger partial charge in [-0.05, 0) is 48.6 Å². The van der Waals surface area contributed by atoms with Crippen LogP contribution >= 0.6 is 0 Å². The fourth-order valence-electron chi connectivity index (χ4n) is 4.85. The van der Waals surface area contributed by atoms with Crippen molar-refractivity contribution in [2.45, 2.75) is 33.9 Å². The number of benzene rings is 2. The average Bonchev–Trinajstić information content (AvgIpc) is 3.19. The van der Waals surface area contributed by atoms with Crippen molar-refractivity contribution in [2.75, 3.05) is 11.4 Å². The summed E-state index contributed by atoms with van der Waals surface area (Å²) in [5.41, 5.74) is 4.67. The summed E-state index contributed by atoms with van der Waals surface area (Å²) in [7, 11) is 1.69. The number of rotatable bonds is 4. The molecule has 34 heavy (non-hydrogen) atoms. The Hall–Kier alpha value is -3.87. The van der Waals surface area contributed by atoms with E-state index >= 15 is 0 Å². The quantitative estimate of drug-likeness (QED) is 0.466. The Morgan fingerprint density at radius 1 is 1.03 bits per heavy atom.